The smallest absolute Gasteiger partial charge is 0.319 e. The number of benzene rings is 1. The van der Waals surface area contributed by atoms with Crippen LogP contribution in [0.1, 0.15) is 12.5 Å². The van der Waals surface area contributed by atoms with Gasteiger partial charge in [0, 0.05) is 6.54 Å². The second-order valence-electron chi connectivity index (χ2n) is 3.13. The number of hydrogen-bond acceptors (Lipinski definition) is 2. The fourth-order valence-electron chi connectivity index (χ4n) is 1.19. The van der Waals surface area contributed by atoms with Crippen molar-refractivity contribution >= 4 is 11.7 Å². The Balaban J connectivity index is 2.94. The molecule has 3 N–H and O–H groups in total. The minimum absolute atomic E-state index is 0.322. The summed E-state index contributed by atoms with van der Waals surface area (Å²) in [6.45, 7) is 1.96. The standard InChI is InChI=1S/C12H13FN2O2/c1-2-14-12(17)15-11-6-5-10(13)8-9(11)4-3-7-16/h5-6,8,16H,2,7H2,1H3,(H2,14,15,17). The molecule has 0 aliphatic carbocycles. The Morgan fingerprint density at radius 1 is 1.53 bits per heavy atom. The fraction of sp³-hybridized carbons (Fsp3) is 0.250. The first kappa shape index (κ1) is 13.0. The largest absolute Gasteiger partial charge is 0.384 e. The van der Waals surface area contributed by atoms with E-state index in [4.69, 9.17) is 5.11 Å². The highest BCUT2D eigenvalue weighted by atomic mass is 19.1. The van der Waals surface area contributed by atoms with Crippen molar-refractivity contribution < 1.29 is 14.3 Å². The van der Waals surface area contributed by atoms with E-state index in [0.717, 1.165) is 0 Å². The third kappa shape index (κ3) is 4.13. The first-order valence-electron chi connectivity index (χ1n) is 5.11. The summed E-state index contributed by atoms with van der Waals surface area (Å²) in [5, 5.41) is 13.7. The van der Waals surface area contributed by atoms with E-state index in [-0.39, 0.29) is 12.6 Å². The summed E-state index contributed by atoms with van der Waals surface area (Å²) >= 11 is 0. The molecule has 0 atom stereocenters. The Morgan fingerprint density at radius 3 is 2.94 bits per heavy atom. The summed E-state index contributed by atoms with van der Waals surface area (Å²) in [5.74, 6) is 4.52. The van der Waals surface area contributed by atoms with Crippen LogP contribution >= 0.6 is 0 Å². The Hall–Kier alpha value is -2.06. The topological polar surface area (TPSA) is 61.4 Å². The highest BCUT2D eigenvalue weighted by Crippen LogP contribution is 2.15. The Bertz CT molecular complexity index is 463. The van der Waals surface area contributed by atoms with Crippen LogP contribution in [0.3, 0.4) is 0 Å². The van der Waals surface area contributed by atoms with Crippen molar-refractivity contribution in [3.63, 3.8) is 0 Å². The number of urea groups is 1. The first-order chi connectivity index (χ1) is 8.17. The lowest BCUT2D eigenvalue weighted by molar-refractivity contribution is 0.252. The number of halogens is 1. The molecule has 1 aromatic rings. The summed E-state index contributed by atoms with van der Waals surface area (Å²) < 4.78 is 13.0. The average Bonchev–Trinajstić information content (AvgIpc) is 2.30. The van der Waals surface area contributed by atoms with Crippen LogP contribution in [0.4, 0.5) is 14.9 Å². The molecule has 0 radical (unpaired) electrons. The van der Waals surface area contributed by atoms with E-state index >= 15 is 0 Å². The summed E-state index contributed by atoms with van der Waals surface area (Å²) in [5.41, 5.74) is 0.726. The number of anilines is 1. The van der Waals surface area contributed by atoms with Crippen molar-refractivity contribution in [3.05, 3.63) is 29.6 Å². The molecule has 0 aliphatic heterocycles. The summed E-state index contributed by atoms with van der Waals surface area (Å²) in [7, 11) is 0. The molecule has 1 aromatic carbocycles. The van der Waals surface area contributed by atoms with Gasteiger partial charge in [0.1, 0.15) is 12.4 Å². The maximum atomic E-state index is 13.0. The lowest BCUT2D eigenvalue weighted by Crippen LogP contribution is -2.28. The predicted octanol–water partition coefficient (Wildman–Crippen LogP) is 1.31. The quantitative estimate of drug-likeness (QED) is 0.678. The van der Waals surface area contributed by atoms with Crippen LogP contribution in [0, 0.1) is 17.7 Å². The maximum absolute atomic E-state index is 13.0. The first-order valence-corrected chi connectivity index (χ1v) is 5.11. The van der Waals surface area contributed by atoms with E-state index in [2.05, 4.69) is 22.5 Å². The predicted molar refractivity (Wildman–Crippen MR) is 63.1 cm³/mol. The van der Waals surface area contributed by atoms with Gasteiger partial charge in [-0.2, -0.15) is 0 Å². The van der Waals surface area contributed by atoms with Crippen LogP contribution < -0.4 is 10.6 Å². The maximum Gasteiger partial charge on any atom is 0.319 e. The molecule has 0 unspecified atom stereocenters. The highest BCUT2D eigenvalue weighted by molar-refractivity contribution is 5.90. The Labute approximate surface area is 98.8 Å². The molecule has 0 bridgehead atoms. The van der Waals surface area contributed by atoms with E-state index in [9.17, 15) is 9.18 Å². The van der Waals surface area contributed by atoms with Gasteiger partial charge in [-0.15, -0.1) is 0 Å². The lowest BCUT2D eigenvalue weighted by atomic mass is 10.1. The van der Waals surface area contributed by atoms with Crippen molar-refractivity contribution in [1.82, 2.24) is 5.32 Å². The van der Waals surface area contributed by atoms with Crippen LogP contribution in [0.25, 0.3) is 0 Å². The number of nitrogens with one attached hydrogen (secondary N) is 2. The monoisotopic (exact) mass is 236 g/mol. The molecule has 5 heteroatoms. The van der Waals surface area contributed by atoms with E-state index in [1.54, 1.807) is 6.92 Å². The van der Waals surface area contributed by atoms with Gasteiger partial charge in [-0.25, -0.2) is 9.18 Å². The van der Waals surface area contributed by atoms with Gasteiger partial charge in [0.15, 0.2) is 0 Å². The third-order valence-electron chi connectivity index (χ3n) is 1.87. The molecule has 0 fully saturated rings. The van der Waals surface area contributed by atoms with Gasteiger partial charge >= 0.3 is 6.03 Å². The van der Waals surface area contributed by atoms with Crippen LogP contribution in [0.15, 0.2) is 18.2 Å². The molecule has 0 saturated heterocycles. The molecule has 0 spiro atoms. The van der Waals surface area contributed by atoms with E-state index < -0.39 is 5.82 Å². The van der Waals surface area contributed by atoms with Crippen LogP contribution in [-0.4, -0.2) is 24.3 Å². The molecule has 90 valence electrons. The van der Waals surface area contributed by atoms with Crippen molar-refractivity contribution in [1.29, 1.82) is 0 Å². The zero-order chi connectivity index (χ0) is 12.7. The average molecular weight is 236 g/mol. The second-order valence-corrected chi connectivity index (χ2v) is 3.13. The van der Waals surface area contributed by atoms with Crippen molar-refractivity contribution in [2.75, 3.05) is 18.5 Å². The van der Waals surface area contributed by atoms with Gasteiger partial charge < -0.3 is 15.7 Å². The fourth-order valence-corrected chi connectivity index (χ4v) is 1.19. The molecule has 0 aliphatic rings. The molecule has 17 heavy (non-hydrogen) atoms. The minimum atomic E-state index is -0.450. The molecule has 0 aromatic heterocycles. The second kappa shape index (κ2) is 6.51. The normalized spacial score (nSPS) is 9.12. The van der Waals surface area contributed by atoms with E-state index in [0.29, 0.717) is 17.8 Å². The van der Waals surface area contributed by atoms with Gasteiger partial charge in [0.25, 0.3) is 0 Å². The Morgan fingerprint density at radius 2 is 2.29 bits per heavy atom. The Kier molecular flexibility index (Phi) is 4.98. The number of carbonyl (C=O) groups is 1. The van der Waals surface area contributed by atoms with Crippen LogP contribution in [0.2, 0.25) is 0 Å². The molecule has 1 rings (SSSR count). The van der Waals surface area contributed by atoms with Gasteiger partial charge in [-0.3, -0.25) is 0 Å². The number of carbonyl (C=O) groups excluding carboxylic acids is 1. The molecule has 0 heterocycles. The number of amides is 2. The van der Waals surface area contributed by atoms with Gasteiger partial charge in [0.2, 0.25) is 0 Å². The number of hydrogen-bond donors (Lipinski definition) is 3. The van der Waals surface area contributed by atoms with Gasteiger partial charge in [-0.05, 0) is 25.1 Å². The van der Waals surface area contributed by atoms with Crippen LogP contribution in [-0.2, 0) is 0 Å². The summed E-state index contributed by atoms with van der Waals surface area (Å²) in [4.78, 5) is 11.3. The summed E-state index contributed by atoms with van der Waals surface area (Å²) in [6, 6.07) is 3.47. The van der Waals surface area contributed by atoms with Crippen molar-refractivity contribution in [2.24, 2.45) is 0 Å². The van der Waals surface area contributed by atoms with E-state index in [1.165, 1.54) is 18.2 Å². The molecule has 4 nitrogen and oxygen atoms in total. The minimum Gasteiger partial charge on any atom is -0.384 e. The number of rotatable bonds is 2. The third-order valence-corrected chi connectivity index (χ3v) is 1.87. The lowest BCUT2D eigenvalue weighted by Gasteiger charge is -2.07. The van der Waals surface area contributed by atoms with Crippen molar-refractivity contribution in [2.45, 2.75) is 6.92 Å². The van der Waals surface area contributed by atoms with Crippen molar-refractivity contribution in [3.8, 4) is 11.8 Å². The zero-order valence-corrected chi connectivity index (χ0v) is 9.38. The molecular formula is C12H13FN2O2. The van der Waals surface area contributed by atoms with Gasteiger partial charge in [0.05, 0.1) is 11.3 Å². The molecule has 0 saturated carbocycles. The SMILES string of the molecule is CCNC(=O)Nc1ccc(F)cc1C#CCO. The van der Waals surface area contributed by atoms with Crippen LogP contribution in [0.5, 0.6) is 0 Å². The van der Waals surface area contributed by atoms with Gasteiger partial charge in [-0.1, -0.05) is 11.8 Å². The molecule has 2 amide bonds. The zero-order valence-electron chi connectivity index (χ0n) is 9.38. The highest BCUT2D eigenvalue weighted by Gasteiger charge is 2.05. The molecular weight excluding hydrogens is 223 g/mol. The number of aliphatic hydroxyl groups excluding tert-OH is 1. The van der Waals surface area contributed by atoms with E-state index in [1.807, 2.05) is 0 Å². The number of aliphatic hydroxyl groups is 1. The summed E-state index contributed by atoms with van der Waals surface area (Å²) in [6.07, 6.45) is 0.